The van der Waals surface area contributed by atoms with Gasteiger partial charge in [0.2, 0.25) is 5.91 Å². The summed E-state index contributed by atoms with van der Waals surface area (Å²) in [5, 5.41) is 18.9. The first-order valence-corrected chi connectivity index (χ1v) is 7.61. The van der Waals surface area contributed by atoms with Crippen LogP contribution in [-0.4, -0.2) is 35.1 Å². The summed E-state index contributed by atoms with van der Waals surface area (Å²) >= 11 is 0. The van der Waals surface area contributed by atoms with Gasteiger partial charge in [-0.3, -0.25) is 4.79 Å². The monoisotopic (exact) mass is 286 g/mol. The maximum absolute atomic E-state index is 12.6. The van der Waals surface area contributed by atoms with Crippen molar-refractivity contribution in [3.8, 4) is 6.07 Å². The molecule has 112 valence electrons. The number of nitrogens with zero attached hydrogens (tertiary/aromatic N) is 2. The minimum Gasteiger partial charge on any atom is -0.394 e. The smallest absolute Gasteiger partial charge is 0.240 e. The van der Waals surface area contributed by atoms with E-state index in [1.807, 2.05) is 30.3 Å². The van der Waals surface area contributed by atoms with E-state index in [0.717, 1.165) is 31.2 Å². The van der Waals surface area contributed by atoms with Crippen LogP contribution in [0.2, 0.25) is 0 Å². The Morgan fingerprint density at radius 3 is 2.76 bits per heavy atom. The second-order valence-electron chi connectivity index (χ2n) is 5.59. The molecule has 1 aromatic rings. The first kappa shape index (κ1) is 15.5. The van der Waals surface area contributed by atoms with E-state index in [1.165, 1.54) is 0 Å². The maximum atomic E-state index is 12.6. The van der Waals surface area contributed by atoms with Crippen molar-refractivity contribution in [2.45, 2.75) is 38.1 Å². The Kier molecular flexibility index (Phi) is 5.77. The number of carbonyl (C=O) groups excluding carboxylic acids is 1. The topological polar surface area (TPSA) is 64.3 Å². The van der Waals surface area contributed by atoms with Crippen LogP contribution in [0.1, 0.15) is 31.2 Å². The first-order chi connectivity index (χ1) is 10.3. The van der Waals surface area contributed by atoms with Gasteiger partial charge in [0.05, 0.1) is 18.7 Å². The van der Waals surface area contributed by atoms with Crippen LogP contribution in [0.25, 0.3) is 0 Å². The molecule has 1 aliphatic heterocycles. The Bertz CT molecular complexity index is 495. The van der Waals surface area contributed by atoms with Crippen molar-refractivity contribution in [1.29, 1.82) is 5.26 Å². The van der Waals surface area contributed by atoms with Crippen molar-refractivity contribution >= 4 is 5.91 Å². The molecule has 1 amide bonds. The molecule has 21 heavy (non-hydrogen) atoms. The summed E-state index contributed by atoms with van der Waals surface area (Å²) in [4.78, 5) is 14.4. The summed E-state index contributed by atoms with van der Waals surface area (Å²) in [6.45, 7) is 0.631. The number of aliphatic hydroxyl groups excluding tert-OH is 1. The molecule has 1 N–H and O–H groups in total. The van der Waals surface area contributed by atoms with Crippen LogP contribution >= 0.6 is 0 Å². The summed E-state index contributed by atoms with van der Waals surface area (Å²) < 4.78 is 0. The van der Waals surface area contributed by atoms with E-state index in [0.29, 0.717) is 13.0 Å². The lowest BCUT2D eigenvalue weighted by molar-refractivity contribution is -0.137. The largest absolute Gasteiger partial charge is 0.394 e. The molecule has 2 rings (SSSR count). The Morgan fingerprint density at radius 2 is 2.10 bits per heavy atom. The van der Waals surface area contributed by atoms with Crippen LogP contribution in [0.5, 0.6) is 0 Å². The summed E-state index contributed by atoms with van der Waals surface area (Å²) in [5.41, 5.74) is 0.993. The van der Waals surface area contributed by atoms with Crippen LogP contribution in [0, 0.1) is 17.2 Å². The van der Waals surface area contributed by atoms with E-state index in [9.17, 15) is 15.2 Å². The molecular weight excluding hydrogens is 264 g/mol. The number of nitriles is 1. The van der Waals surface area contributed by atoms with Gasteiger partial charge in [0.15, 0.2) is 0 Å². The molecule has 4 nitrogen and oxygen atoms in total. The number of carbonyl (C=O) groups is 1. The van der Waals surface area contributed by atoms with Crippen LogP contribution in [-0.2, 0) is 11.2 Å². The minimum atomic E-state index is -0.667. The Morgan fingerprint density at radius 1 is 1.33 bits per heavy atom. The molecular formula is C17H22N2O2. The molecule has 1 aromatic carbocycles. The number of hydrogen-bond donors (Lipinski definition) is 1. The molecule has 2 atom stereocenters. The third-order valence-corrected chi connectivity index (χ3v) is 4.11. The fraction of sp³-hybridized carbons (Fsp3) is 0.529. The van der Waals surface area contributed by atoms with Crippen LogP contribution in [0.3, 0.4) is 0 Å². The Labute approximate surface area is 126 Å². The molecule has 0 saturated carbocycles. The van der Waals surface area contributed by atoms with Gasteiger partial charge >= 0.3 is 0 Å². The second kappa shape index (κ2) is 7.80. The van der Waals surface area contributed by atoms with E-state index in [4.69, 9.17) is 0 Å². The van der Waals surface area contributed by atoms with Gasteiger partial charge < -0.3 is 10.0 Å². The summed E-state index contributed by atoms with van der Waals surface area (Å²) in [7, 11) is 0. The molecule has 0 bridgehead atoms. The van der Waals surface area contributed by atoms with Gasteiger partial charge in [-0.25, -0.2) is 0 Å². The molecule has 1 aliphatic rings. The van der Waals surface area contributed by atoms with Crippen molar-refractivity contribution < 1.29 is 9.90 Å². The van der Waals surface area contributed by atoms with Crippen molar-refractivity contribution in [2.24, 2.45) is 5.92 Å². The van der Waals surface area contributed by atoms with Gasteiger partial charge in [0.25, 0.3) is 0 Å². The van der Waals surface area contributed by atoms with E-state index in [2.05, 4.69) is 6.07 Å². The highest BCUT2D eigenvalue weighted by atomic mass is 16.3. The average molecular weight is 286 g/mol. The zero-order valence-electron chi connectivity index (χ0n) is 12.2. The van der Waals surface area contributed by atoms with Gasteiger partial charge in [-0.15, -0.1) is 0 Å². The molecule has 0 spiro atoms. The lowest BCUT2D eigenvalue weighted by atomic mass is 9.98. The number of rotatable bonds is 4. The standard InChI is InChI=1S/C17H22N2O2/c18-12-15(11-14-7-3-1-4-8-14)17(21)19-10-6-2-5-9-16(19)13-20/h1,3-4,7-8,15-16,20H,2,5-6,9-11,13H2. The van der Waals surface area contributed by atoms with E-state index in [1.54, 1.807) is 4.90 Å². The van der Waals surface area contributed by atoms with E-state index < -0.39 is 5.92 Å². The van der Waals surface area contributed by atoms with Crippen molar-refractivity contribution in [1.82, 2.24) is 4.90 Å². The summed E-state index contributed by atoms with van der Waals surface area (Å²) in [6.07, 6.45) is 4.32. The van der Waals surface area contributed by atoms with Gasteiger partial charge in [-0.05, 0) is 24.8 Å². The fourth-order valence-electron chi connectivity index (χ4n) is 2.90. The number of amides is 1. The highest BCUT2D eigenvalue weighted by Crippen LogP contribution is 2.20. The zero-order valence-corrected chi connectivity index (χ0v) is 12.2. The average Bonchev–Trinajstić information content (AvgIpc) is 2.78. The van der Waals surface area contributed by atoms with Crippen LogP contribution in [0.15, 0.2) is 30.3 Å². The molecule has 1 saturated heterocycles. The molecule has 1 heterocycles. The molecule has 0 aliphatic carbocycles. The second-order valence-corrected chi connectivity index (χ2v) is 5.59. The predicted octanol–water partition coefficient (Wildman–Crippen LogP) is 2.13. The maximum Gasteiger partial charge on any atom is 0.240 e. The number of hydrogen-bond acceptors (Lipinski definition) is 3. The first-order valence-electron chi connectivity index (χ1n) is 7.61. The van der Waals surface area contributed by atoms with Crippen LogP contribution < -0.4 is 0 Å². The lowest BCUT2D eigenvalue weighted by Gasteiger charge is -2.30. The summed E-state index contributed by atoms with van der Waals surface area (Å²) in [5.74, 6) is -0.804. The number of benzene rings is 1. The van der Waals surface area contributed by atoms with Crippen LogP contribution in [0.4, 0.5) is 0 Å². The summed E-state index contributed by atoms with van der Waals surface area (Å²) in [6, 6.07) is 11.6. The third kappa shape index (κ3) is 4.05. The molecule has 0 radical (unpaired) electrons. The quantitative estimate of drug-likeness (QED) is 0.922. The van der Waals surface area contributed by atoms with E-state index in [-0.39, 0.29) is 18.6 Å². The number of likely N-dealkylation sites (tertiary alicyclic amines) is 1. The SMILES string of the molecule is N#CC(Cc1ccccc1)C(=O)N1CCCCCC1CO. The zero-order chi connectivity index (χ0) is 15.1. The Balaban J connectivity index is 2.09. The molecule has 4 heteroatoms. The van der Waals surface area contributed by atoms with Crippen molar-refractivity contribution in [3.63, 3.8) is 0 Å². The van der Waals surface area contributed by atoms with Gasteiger partial charge in [0.1, 0.15) is 5.92 Å². The third-order valence-electron chi connectivity index (χ3n) is 4.11. The van der Waals surface area contributed by atoms with Crippen molar-refractivity contribution in [2.75, 3.05) is 13.2 Å². The normalized spacial score (nSPS) is 20.4. The van der Waals surface area contributed by atoms with Gasteiger partial charge in [-0.2, -0.15) is 5.26 Å². The van der Waals surface area contributed by atoms with Gasteiger partial charge in [-0.1, -0.05) is 43.2 Å². The van der Waals surface area contributed by atoms with Crippen molar-refractivity contribution in [3.05, 3.63) is 35.9 Å². The lowest BCUT2D eigenvalue weighted by Crippen LogP contribution is -2.45. The molecule has 1 fully saturated rings. The highest BCUT2D eigenvalue weighted by molar-refractivity contribution is 5.82. The predicted molar refractivity (Wildman–Crippen MR) is 80.3 cm³/mol. The van der Waals surface area contributed by atoms with Gasteiger partial charge in [0, 0.05) is 6.54 Å². The highest BCUT2D eigenvalue weighted by Gasteiger charge is 2.30. The number of aliphatic hydroxyl groups is 1. The van der Waals surface area contributed by atoms with E-state index >= 15 is 0 Å². The fourth-order valence-corrected chi connectivity index (χ4v) is 2.90. The Hall–Kier alpha value is -1.86. The molecule has 2 unspecified atom stereocenters. The minimum absolute atomic E-state index is 0.0186. The molecule has 0 aromatic heterocycles.